The van der Waals surface area contributed by atoms with Crippen molar-refractivity contribution in [2.75, 3.05) is 13.1 Å². The second-order valence-electron chi connectivity index (χ2n) is 6.62. The molecule has 0 radical (unpaired) electrons. The molecule has 1 heterocycles. The van der Waals surface area contributed by atoms with Crippen LogP contribution in [0.25, 0.3) is 6.08 Å². The molecule has 0 aliphatic carbocycles. The first-order chi connectivity index (χ1) is 13.9. The fourth-order valence-corrected chi connectivity index (χ4v) is 4.49. The molecular formula is C21H19Cl2NO4S. The molecule has 1 amide bonds. The molecule has 5 nitrogen and oxygen atoms in total. The average molecular weight is 452 g/mol. The van der Waals surface area contributed by atoms with Crippen LogP contribution in [0.3, 0.4) is 0 Å². The fourth-order valence-electron chi connectivity index (χ4n) is 3.03. The number of carbonyl (C=O) groups excluding carboxylic acids is 1. The van der Waals surface area contributed by atoms with Gasteiger partial charge in [-0.05, 0) is 42.7 Å². The molecule has 3 rings (SSSR count). The summed E-state index contributed by atoms with van der Waals surface area (Å²) in [6.07, 6.45) is 3.95. The van der Waals surface area contributed by atoms with E-state index in [4.69, 9.17) is 28.3 Å². The van der Waals surface area contributed by atoms with E-state index in [9.17, 15) is 14.7 Å². The number of amides is 1. The van der Waals surface area contributed by atoms with Gasteiger partial charge in [-0.1, -0.05) is 53.2 Å². The van der Waals surface area contributed by atoms with Crippen molar-refractivity contribution in [1.29, 1.82) is 0 Å². The number of carboxylic acids is 1. The predicted octanol–water partition coefficient (Wildman–Crippen LogP) is 5.19. The van der Waals surface area contributed by atoms with Crippen LogP contribution in [0.4, 0.5) is 0 Å². The topological polar surface area (TPSA) is 77.8 Å². The maximum Gasteiger partial charge on any atom is 0.306 e. The Labute approximate surface area is 182 Å². The van der Waals surface area contributed by atoms with Crippen LogP contribution in [0.5, 0.6) is 5.75 Å². The number of carbonyl (C=O) groups is 2. The highest BCUT2D eigenvalue weighted by Crippen LogP contribution is 2.41. The summed E-state index contributed by atoms with van der Waals surface area (Å²) in [7, 11) is 0. The Hall–Kier alpha value is -2.15. The summed E-state index contributed by atoms with van der Waals surface area (Å²) in [5.74, 6) is -1.22. The summed E-state index contributed by atoms with van der Waals surface area (Å²) >= 11 is 14.1. The molecule has 0 bridgehead atoms. The number of nitrogens with zero attached hydrogens (tertiary/aromatic N) is 1. The van der Waals surface area contributed by atoms with Gasteiger partial charge >= 0.3 is 5.97 Å². The van der Waals surface area contributed by atoms with Crippen molar-refractivity contribution in [3.63, 3.8) is 0 Å². The van der Waals surface area contributed by atoms with Gasteiger partial charge in [-0.25, -0.2) is 0 Å². The van der Waals surface area contributed by atoms with Crippen molar-refractivity contribution in [3.05, 3.63) is 58.1 Å². The number of halogens is 2. The molecule has 0 spiro atoms. The van der Waals surface area contributed by atoms with Crippen molar-refractivity contribution in [2.24, 2.45) is 5.92 Å². The van der Waals surface area contributed by atoms with Gasteiger partial charge in [0, 0.05) is 24.1 Å². The Morgan fingerprint density at radius 3 is 2.38 bits per heavy atom. The number of aromatic hydroxyl groups is 1. The summed E-state index contributed by atoms with van der Waals surface area (Å²) in [5, 5.41) is 19.6. The quantitative estimate of drug-likeness (QED) is 0.611. The highest BCUT2D eigenvalue weighted by Gasteiger charge is 2.26. The number of phenols is 1. The Balaban J connectivity index is 1.68. The van der Waals surface area contributed by atoms with Gasteiger partial charge in [-0.2, -0.15) is 0 Å². The molecule has 1 aliphatic heterocycles. The Bertz CT molecular complexity index is 956. The first-order valence-electron chi connectivity index (χ1n) is 9.00. The third kappa shape index (κ3) is 5.26. The molecule has 0 aromatic heterocycles. The number of carboxylic acid groups (broad SMARTS) is 1. The fraction of sp³-hybridized carbons (Fsp3) is 0.238. The van der Waals surface area contributed by atoms with Crippen LogP contribution in [0.2, 0.25) is 10.0 Å². The monoisotopic (exact) mass is 451 g/mol. The van der Waals surface area contributed by atoms with Crippen LogP contribution in [0.15, 0.2) is 52.3 Å². The summed E-state index contributed by atoms with van der Waals surface area (Å²) in [5.41, 5.74) is 0.604. The van der Waals surface area contributed by atoms with Crippen molar-refractivity contribution < 1.29 is 19.8 Å². The summed E-state index contributed by atoms with van der Waals surface area (Å²) in [6, 6.07) is 10.5. The van der Waals surface area contributed by atoms with Crippen molar-refractivity contribution in [1.82, 2.24) is 4.90 Å². The number of hydrogen-bond donors (Lipinski definition) is 2. The van der Waals surface area contributed by atoms with E-state index in [0.717, 1.165) is 0 Å². The molecule has 2 N–H and O–H groups in total. The highest BCUT2D eigenvalue weighted by molar-refractivity contribution is 7.99. The number of para-hydroxylation sites is 1. The van der Waals surface area contributed by atoms with E-state index in [2.05, 4.69) is 0 Å². The summed E-state index contributed by atoms with van der Waals surface area (Å²) in [6.45, 7) is 0.843. The molecule has 0 unspecified atom stereocenters. The number of phenolic OH excluding ortho intramolecular Hbond substituents is 1. The number of aliphatic carboxylic acids is 1. The van der Waals surface area contributed by atoms with Crippen molar-refractivity contribution in [2.45, 2.75) is 22.6 Å². The molecule has 1 fully saturated rings. The van der Waals surface area contributed by atoms with Gasteiger partial charge in [-0.3, -0.25) is 9.59 Å². The molecule has 0 saturated carbocycles. The average Bonchev–Trinajstić information content (AvgIpc) is 2.72. The lowest BCUT2D eigenvalue weighted by Crippen LogP contribution is -2.39. The van der Waals surface area contributed by atoms with Crippen molar-refractivity contribution >= 4 is 52.9 Å². The smallest absolute Gasteiger partial charge is 0.306 e. The molecule has 2 aromatic rings. The van der Waals surface area contributed by atoms with Crippen LogP contribution in [0.1, 0.15) is 18.4 Å². The zero-order valence-corrected chi connectivity index (χ0v) is 17.7. The van der Waals surface area contributed by atoms with Gasteiger partial charge in [0.05, 0.1) is 20.9 Å². The SMILES string of the molecule is O=C(O)C1CCN(C(=O)/C=C/c2ccc(Sc3ccccc3O)c(Cl)c2Cl)CC1. The second kappa shape index (κ2) is 9.57. The zero-order chi connectivity index (χ0) is 21.0. The normalized spacial score (nSPS) is 15.0. The van der Waals surface area contributed by atoms with E-state index in [0.29, 0.717) is 51.3 Å². The molecule has 0 atom stereocenters. The van der Waals surface area contributed by atoms with Gasteiger partial charge < -0.3 is 15.1 Å². The minimum absolute atomic E-state index is 0.158. The van der Waals surface area contributed by atoms with E-state index >= 15 is 0 Å². The zero-order valence-electron chi connectivity index (χ0n) is 15.3. The Morgan fingerprint density at radius 2 is 1.72 bits per heavy atom. The predicted molar refractivity (Wildman–Crippen MR) is 115 cm³/mol. The maximum atomic E-state index is 12.4. The van der Waals surface area contributed by atoms with Crippen LogP contribution in [0, 0.1) is 5.92 Å². The molecule has 29 heavy (non-hydrogen) atoms. The lowest BCUT2D eigenvalue weighted by atomic mass is 9.97. The highest BCUT2D eigenvalue weighted by atomic mass is 35.5. The number of hydrogen-bond acceptors (Lipinski definition) is 4. The lowest BCUT2D eigenvalue weighted by Gasteiger charge is -2.29. The van der Waals surface area contributed by atoms with Gasteiger partial charge in [0.25, 0.3) is 0 Å². The number of rotatable bonds is 5. The van der Waals surface area contributed by atoms with E-state index < -0.39 is 5.97 Å². The summed E-state index contributed by atoms with van der Waals surface area (Å²) in [4.78, 5) is 26.4. The second-order valence-corrected chi connectivity index (χ2v) is 8.46. The van der Waals surface area contributed by atoms with Crippen LogP contribution >= 0.6 is 35.0 Å². The number of benzene rings is 2. The first kappa shape index (κ1) is 21.6. The van der Waals surface area contributed by atoms with Crippen LogP contribution in [-0.4, -0.2) is 40.1 Å². The van der Waals surface area contributed by atoms with E-state index in [1.807, 2.05) is 6.07 Å². The molecule has 1 aliphatic rings. The largest absolute Gasteiger partial charge is 0.507 e. The summed E-state index contributed by atoms with van der Waals surface area (Å²) < 4.78 is 0. The standard InChI is InChI=1S/C21H19Cl2NO4S/c22-19-13(6-8-18(26)24-11-9-14(10-12-24)21(27)28)5-7-17(20(19)23)29-16-4-2-1-3-15(16)25/h1-8,14,25H,9-12H2,(H,27,28)/b8-6+. The van der Waals surface area contributed by atoms with Crippen molar-refractivity contribution in [3.8, 4) is 5.75 Å². The van der Waals surface area contributed by atoms with Gasteiger partial charge in [0.1, 0.15) is 5.75 Å². The van der Waals surface area contributed by atoms with Gasteiger partial charge in [-0.15, -0.1) is 0 Å². The molecular weight excluding hydrogens is 433 g/mol. The first-order valence-corrected chi connectivity index (χ1v) is 10.6. The third-order valence-electron chi connectivity index (χ3n) is 4.72. The Kier molecular flexibility index (Phi) is 7.11. The minimum atomic E-state index is -0.809. The third-order valence-corrected chi connectivity index (χ3v) is 6.86. The minimum Gasteiger partial charge on any atom is -0.507 e. The molecule has 8 heteroatoms. The molecule has 1 saturated heterocycles. The maximum absolute atomic E-state index is 12.4. The van der Waals surface area contributed by atoms with E-state index in [1.54, 1.807) is 41.3 Å². The molecule has 152 valence electrons. The van der Waals surface area contributed by atoms with E-state index in [-0.39, 0.29) is 17.6 Å². The van der Waals surface area contributed by atoms with Crippen LogP contribution < -0.4 is 0 Å². The lowest BCUT2D eigenvalue weighted by molar-refractivity contribution is -0.144. The van der Waals surface area contributed by atoms with E-state index in [1.165, 1.54) is 17.8 Å². The molecule has 2 aromatic carbocycles. The van der Waals surface area contributed by atoms with Gasteiger partial charge in [0.15, 0.2) is 0 Å². The van der Waals surface area contributed by atoms with Crippen LogP contribution in [-0.2, 0) is 9.59 Å². The number of piperidine rings is 1. The van der Waals surface area contributed by atoms with Gasteiger partial charge in [0.2, 0.25) is 5.91 Å². The number of likely N-dealkylation sites (tertiary alicyclic amines) is 1. The Morgan fingerprint density at radius 1 is 1.03 bits per heavy atom.